The SMILES string of the molecule is CC[C@H](OC(N)=O)[C@@H](OC)c1c(Cl)cccc1Cl. The van der Waals surface area contributed by atoms with E-state index < -0.39 is 18.3 Å². The molecule has 0 saturated carbocycles. The lowest BCUT2D eigenvalue weighted by atomic mass is 10.0. The Morgan fingerprint density at radius 1 is 1.39 bits per heavy atom. The monoisotopic (exact) mass is 291 g/mol. The van der Waals surface area contributed by atoms with Gasteiger partial charge in [0.15, 0.2) is 0 Å². The van der Waals surface area contributed by atoms with Crippen LogP contribution in [0.1, 0.15) is 25.0 Å². The number of rotatable bonds is 5. The number of carbonyl (C=O) groups excluding carboxylic acids is 1. The van der Waals surface area contributed by atoms with Crippen LogP contribution >= 0.6 is 23.2 Å². The van der Waals surface area contributed by atoms with Crippen LogP contribution < -0.4 is 5.73 Å². The van der Waals surface area contributed by atoms with Crippen LogP contribution in [0.4, 0.5) is 4.79 Å². The lowest BCUT2D eigenvalue weighted by Gasteiger charge is -2.26. The Balaban J connectivity index is 3.11. The van der Waals surface area contributed by atoms with Gasteiger partial charge < -0.3 is 15.2 Å². The Labute approximate surface area is 116 Å². The van der Waals surface area contributed by atoms with Crippen LogP contribution in [0.25, 0.3) is 0 Å². The molecule has 0 aromatic heterocycles. The highest BCUT2D eigenvalue weighted by molar-refractivity contribution is 6.36. The zero-order chi connectivity index (χ0) is 13.7. The summed E-state index contributed by atoms with van der Waals surface area (Å²) >= 11 is 12.2. The van der Waals surface area contributed by atoms with E-state index in [2.05, 4.69) is 0 Å². The van der Waals surface area contributed by atoms with Crippen molar-refractivity contribution >= 4 is 29.3 Å². The maximum Gasteiger partial charge on any atom is 0.404 e. The van der Waals surface area contributed by atoms with E-state index >= 15 is 0 Å². The topological polar surface area (TPSA) is 61.5 Å². The van der Waals surface area contributed by atoms with Crippen LogP contribution in [0.15, 0.2) is 18.2 Å². The van der Waals surface area contributed by atoms with E-state index in [1.807, 2.05) is 6.92 Å². The average Bonchev–Trinajstić information content (AvgIpc) is 2.31. The molecule has 0 bridgehead atoms. The highest BCUT2D eigenvalue weighted by Gasteiger charge is 2.28. The molecule has 0 heterocycles. The minimum absolute atomic E-state index is 0.459. The zero-order valence-corrected chi connectivity index (χ0v) is 11.7. The van der Waals surface area contributed by atoms with Crippen molar-refractivity contribution in [3.05, 3.63) is 33.8 Å². The number of nitrogens with two attached hydrogens (primary N) is 1. The Hall–Kier alpha value is -0.970. The van der Waals surface area contributed by atoms with E-state index in [4.69, 9.17) is 38.4 Å². The summed E-state index contributed by atoms with van der Waals surface area (Å²) in [7, 11) is 1.50. The van der Waals surface area contributed by atoms with Crippen molar-refractivity contribution in [2.45, 2.75) is 25.6 Å². The largest absolute Gasteiger partial charge is 0.443 e. The number of hydrogen-bond acceptors (Lipinski definition) is 3. The molecule has 0 saturated heterocycles. The molecule has 100 valence electrons. The van der Waals surface area contributed by atoms with Crippen molar-refractivity contribution in [3.8, 4) is 0 Å². The molecule has 0 radical (unpaired) electrons. The van der Waals surface area contributed by atoms with Crippen LogP contribution in [0.5, 0.6) is 0 Å². The summed E-state index contributed by atoms with van der Waals surface area (Å²) < 4.78 is 10.4. The first-order chi connectivity index (χ1) is 8.51. The minimum atomic E-state index is -0.855. The fourth-order valence-corrected chi connectivity index (χ4v) is 2.36. The van der Waals surface area contributed by atoms with E-state index in [1.54, 1.807) is 18.2 Å². The van der Waals surface area contributed by atoms with Gasteiger partial charge in [-0.05, 0) is 18.6 Å². The van der Waals surface area contributed by atoms with Crippen molar-refractivity contribution in [2.24, 2.45) is 5.73 Å². The van der Waals surface area contributed by atoms with Gasteiger partial charge in [-0.25, -0.2) is 4.79 Å². The standard InChI is InChI=1S/C12H15Cl2NO3/c1-3-9(18-12(15)16)11(17-2)10-7(13)5-4-6-8(10)14/h4-6,9,11H,3H2,1-2H3,(H2,15,16)/t9-,11+/m0/s1. The van der Waals surface area contributed by atoms with Gasteiger partial charge in [0.25, 0.3) is 0 Å². The summed E-state index contributed by atoms with van der Waals surface area (Å²) in [6.45, 7) is 1.85. The van der Waals surface area contributed by atoms with Crippen LogP contribution in [-0.2, 0) is 9.47 Å². The van der Waals surface area contributed by atoms with Gasteiger partial charge in [0.1, 0.15) is 12.2 Å². The first kappa shape index (κ1) is 15.1. The molecule has 1 rings (SSSR count). The molecule has 1 aromatic rings. The first-order valence-corrected chi connectivity index (χ1v) is 6.19. The second-order valence-electron chi connectivity index (χ2n) is 3.68. The number of primary amides is 1. The van der Waals surface area contributed by atoms with Crippen LogP contribution in [-0.4, -0.2) is 19.3 Å². The smallest absolute Gasteiger partial charge is 0.404 e. The lowest BCUT2D eigenvalue weighted by molar-refractivity contribution is -0.0226. The van der Waals surface area contributed by atoms with E-state index in [9.17, 15) is 4.79 Å². The molecule has 1 aromatic carbocycles. The van der Waals surface area contributed by atoms with Crippen molar-refractivity contribution in [3.63, 3.8) is 0 Å². The Bertz CT molecular complexity index is 406. The Kier molecular flexibility index (Phi) is 5.72. The predicted molar refractivity (Wildman–Crippen MR) is 71.0 cm³/mol. The second-order valence-corrected chi connectivity index (χ2v) is 4.49. The van der Waals surface area contributed by atoms with E-state index in [1.165, 1.54) is 7.11 Å². The summed E-state index contributed by atoms with van der Waals surface area (Å²) in [5, 5.41) is 0.918. The third kappa shape index (κ3) is 3.51. The summed E-state index contributed by atoms with van der Waals surface area (Å²) in [6.07, 6.45) is -1.41. The maximum absolute atomic E-state index is 10.9. The molecule has 2 N–H and O–H groups in total. The number of benzene rings is 1. The van der Waals surface area contributed by atoms with Gasteiger partial charge in [0.05, 0.1) is 0 Å². The number of hydrogen-bond donors (Lipinski definition) is 1. The third-order valence-corrected chi connectivity index (χ3v) is 3.20. The molecule has 0 fully saturated rings. The highest BCUT2D eigenvalue weighted by Crippen LogP contribution is 2.35. The van der Waals surface area contributed by atoms with Crippen molar-refractivity contribution in [1.82, 2.24) is 0 Å². The van der Waals surface area contributed by atoms with Crippen molar-refractivity contribution in [2.75, 3.05) is 7.11 Å². The summed E-state index contributed by atoms with van der Waals surface area (Å²) in [5.41, 5.74) is 5.63. The van der Waals surface area contributed by atoms with E-state index in [0.29, 0.717) is 22.0 Å². The van der Waals surface area contributed by atoms with Gasteiger partial charge in [-0.2, -0.15) is 0 Å². The number of methoxy groups -OCH3 is 1. The van der Waals surface area contributed by atoms with Gasteiger partial charge in [0, 0.05) is 22.7 Å². The molecule has 6 heteroatoms. The Morgan fingerprint density at radius 3 is 2.33 bits per heavy atom. The van der Waals surface area contributed by atoms with Crippen LogP contribution in [0, 0.1) is 0 Å². The number of halogens is 2. The average molecular weight is 292 g/mol. The molecular formula is C12H15Cl2NO3. The molecule has 18 heavy (non-hydrogen) atoms. The molecule has 2 atom stereocenters. The molecule has 0 spiro atoms. The minimum Gasteiger partial charge on any atom is -0.443 e. The second kappa shape index (κ2) is 6.83. The predicted octanol–water partition coefficient (Wildman–Crippen LogP) is 3.55. The van der Waals surface area contributed by atoms with Crippen LogP contribution in [0.3, 0.4) is 0 Å². The quantitative estimate of drug-likeness (QED) is 0.902. The first-order valence-electron chi connectivity index (χ1n) is 5.44. The molecular weight excluding hydrogens is 277 g/mol. The molecule has 1 amide bonds. The zero-order valence-electron chi connectivity index (χ0n) is 10.2. The van der Waals surface area contributed by atoms with Crippen LogP contribution in [0.2, 0.25) is 10.0 Å². The molecule has 0 aliphatic rings. The maximum atomic E-state index is 10.9. The van der Waals surface area contributed by atoms with Crippen molar-refractivity contribution < 1.29 is 14.3 Å². The third-order valence-electron chi connectivity index (χ3n) is 2.55. The summed E-state index contributed by atoms with van der Waals surface area (Å²) in [5.74, 6) is 0. The molecule has 4 nitrogen and oxygen atoms in total. The lowest BCUT2D eigenvalue weighted by Crippen LogP contribution is -2.29. The summed E-state index contributed by atoms with van der Waals surface area (Å²) in [4.78, 5) is 10.9. The summed E-state index contributed by atoms with van der Waals surface area (Å²) in [6, 6.07) is 5.13. The number of ether oxygens (including phenoxy) is 2. The number of carbonyl (C=O) groups is 1. The van der Waals surface area contributed by atoms with Crippen molar-refractivity contribution in [1.29, 1.82) is 0 Å². The van der Waals surface area contributed by atoms with Gasteiger partial charge in [-0.1, -0.05) is 36.2 Å². The molecule has 0 aliphatic carbocycles. The molecule has 0 aliphatic heterocycles. The van der Waals surface area contributed by atoms with E-state index in [-0.39, 0.29) is 0 Å². The Morgan fingerprint density at radius 2 is 1.94 bits per heavy atom. The van der Waals surface area contributed by atoms with E-state index in [0.717, 1.165) is 0 Å². The fourth-order valence-electron chi connectivity index (χ4n) is 1.75. The molecule has 0 unspecified atom stereocenters. The van der Waals surface area contributed by atoms with Gasteiger partial charge >= 0.3 is 6.09 Å². The van der Waals surface area contributed by atoms with Gasteiger partial charge in [-0.3, -0.25) is 0 Å². The normalized spacial score (nSPS) is 14.0. The van der Waals surface area contributed by atoms with Gasteiger partial charge in [-0.15, -0.1) is 0 Å². The van der Waals surface area contributed by atoms with Gasteiger partial charge in [0.2, 0.25) is 0 Å². The fraction of sp³-hybridized carbons (Fsp3) is 0.417. The highest BCUT2D eigenvalue weighted by atomic mass is 35.5. The number of amides is 1.